The van der Waals surface area contributed by atoms with E-state index in [1.165, 1.54) is 11.3 Å². The molecule has 7 heteroatoms. The summed E-state index contributed by atoms with van der Waals surface area (Å²) in [4.78, 5) is 17.6. The first-order valence-corrected chi connectivity index (χ1v) is 11.7. The highest BCUT2D eigenvalue weighted by Gasteiger charge is 2.19. The Labute approximate surface area is 200 Å². The zero-order valence-corrected chi connectivity index (χ0v) is 19.4. The predicted octanol–water partition coefficient (Wildman–Crippen LogP) is 4.18. The van der Waals surface area contributed by atoms with Gasteiger partial charge in [0.15, 0.2) is 11.5 Å². The Morgan fingerprint density at radius 2 is 1.59 bits per heavy atom. The molecule has 3 aromatic rings. The molecule has 34 heavy (non-hydrogen) atoms. The number of hydrogen-bond acceptors (Lipinski definition) is 6. The summed E-state index contributed by atoms with van der Waals surface area (Å²) in [6.07, 6.45) is 0. The number of nitrogens with zero attached hydrogens (tertiary/aromatic N) is 2. The number of hydrogen-bond donors (Lipinski definition) is 2. The van der Waals surface area contributed by atoms with Crippen molar-refractivity contribution < 1.29 is 14.3 Å². The number of benzene rings is 3. The van der Waals surface area contributed by atoms with E-state index in [9.17, 15) is 4.79 Å². The highest BCUT2D eigenvalue weighted by Crippen LogP contribution is 2.34. The van der Waals surface area contributed by atoms with Crippen molar-refractivity contribution in [1.82, 2.24) is 4.90 Å². The number of carbonyl (C=O) groups is 1. The number of rotatable bonds is 7. The van der Waals surface area contributed by atoms with Crippen molar-refractivity contribution >= 4 is 23.0 Å². The van der Waals surface area contributed by atoms with E-state index in [0.717, 1.165) is 38.4 Å². The summed E-state index contributed by atoms with van der Waals surface area (Å²) < 4.78 is 10.7. The molecular weight excluding hydrogens is 428 g/mol. The van der Waals surface area contributed by atoms with Crippen molar-refractivity contribution in [1.29, 1.82) is 0 Å². The standard InChI is InChI=1S/C27H30N4O3/c1-20(27(32)29-23-9-12-25-26(17-23)34-19-33-25)28-22-7-10-24(11-8-22)31-15-13-30(14-16-31)18-21-5-3-2-4-6-21/h2-12,17,20,28H,13-16,18-19H2,1H3,(H,29,32)/t20-/m0/s1. The van der Waals surface area contributed by atoms with Crippen molar-refractivity contribution in [3.05, 3.63) is 78.4 Å². The lowest BCUT2D eigenvalue weighted by Gasteiger charge is -2.36. The van der Waals surface area contributed by atoms with E-state index in [1.807, 2.05) is 25.1 Å². The highest BCUT2D eigenvalue weighted by molar-refractivity contribution is 5.96. The Bertz CT molecular complexity index is 1110. The van der Waals surface area contributed by atoms with Crippen LogP contribution in [0, 0.1) is 0 Å². The molecule has 2 aliphatic heterocycles. The number of piperazine rings is 1. The van der Waals surface area contributed by atoms with Crippen LogP contribution in [0.5, 0.6) is 11.5 Å². The number of fused-ring (bicyclic) bond motifs is 1. The van der Waals surface area contributed by atoms with Gasteiger partial charge in [0.05, 0.1) is 0 Å². The van der Waals surface area contributed by atoms with Crippen LogP contribution in [0.4, 0.5) is 17.1 Å². The summed E-state index contributed by atoms with van der Waals surface area (Å²) >= 11 is 0. The maximum absolute atomic E-state index is 12.6. The van der Waals surface area contributed by atoms with Gasteiger partial charge in [-0.3, -0.25) is 9.69 Å². The van der Waals surface area contributed by atoms with Crippen LogP contribution in [-0.2, 0) is 11.3 Å². The molecule has 1 amide bonds. The number of amides is 1. The molecule has 0 aliphatic carbocycles. The van der Waals surface area contributed by atoms with E-state index >= 15 is 0 Å². The van der Waals surface area contributed by atoms with Crippen molar-refractivity contribution in [2.45, 2.75) is 19.5 Å². The third kappa shape index (κ3) is 5.26. The van der Waals surface area contributed by atoms with Crippen molar-refractivity contribution in [3.8, 4) is 11.5 Å². The molecule has 176 valence electrons. The van der Waals surface area contributed by atoms with Gasteiger partial charge >= 0.3 is 0 Å². The van der Waals surface area contributed by atoms with E-state index in [2.05, 4.69) is 62.9 Å². The molecular formula is C27H30N4O3. The highest BCUT2D eigenvalue weighted by atomic mass is 16.7. The van der Waals surface area contributed by atoms with Crippen molar-refractivity contribution in [3.63, 3.8) is 0 Å². The largest absolute Gasteiger partial charge is 0.454 e. The third-order valence-corrected chi connectivity index (χ3v) is 6.27. The zero-order valence-electron chi connectivity index (χ0n) is 19.4. The van der Waals surface area contributed by atoms with Gasteiger partial charge in [-0.2, -0.15) is 0 Å². The summed E-state index contributed by atoms with van der Waals surface area (Å²) in [6.45, 7) is 7.18. The molecule has 1 saturated heterocycles. The Morgan fingerprint density at radius 3 is 2.35 bits per heavy atom. The fourth-order valence-electron chi connectivity index (χ4n) is 4.31. The second kappa shape index (κ2) is 10.1. The van der Waals surface area contributed by atoms with Gasteiger partial charge in [-0.25, -0.2) is 0 Å². The average Bonchev–Trinajstić information content (AvgIpc) is 3.34. The molecule has 1 atom stereocenters. The van der Waals surface area contributed by atoms with E-state index in [4.69, 9.17) is 9.47 Å². The maximum atomic E-state index is 12.6. The lowest BCUT2D eigenvalue weighted by atomic mass is 10.2. The van der Waals surface area contributed by atoms with Gasteiger partial charge in [0, 0.05) is 55.9 Å². The second-order valence-corrected chi connectivity index (χ2v) is 8.72. The van der Waals surface area contributed by atoms with E-state index in [-0.39, 0.29) is 12.7 Å². The number of carbonyl (C=O) groups excluding carboxylic acids is 1. The van der Waals surface area contributed by atoms with Crippen LogP contribution in [0.1, 0.15) is 12.5 Å². The molecule has 0 unspecified atom stereocenters. The summed E-state index contributed by atoms with van der Waals surface area (Å²) in [5.74, 6) is 1.23. The van der Waals surface area contributed by atoms with Gasteiger partial charge in [-0.05, 0) is 48.9 Å². The average molecular weight is 459 g/mol. The van der Waals surface area contributed by atoms with Gasteiger partial charge in [0.1, 0.15) is 6.04 Å². The fraction of sp³-hybridized carbons (Fsp3) is 0.296. The molecule has 0 radical (unpaired) electrons. The molecule has 0 saturated carbocycles. The molecule has 3 aromatic carbocycles. The quantitative estimate of drug-likeness (QED) is 0.554. The first-order chi connectivity index (χ1) is 16.6. The zero-order chi connectivity index (χ0) is 23.3. The molecule has 1 fully saturated rings. The Balaban J connectivity index is 1.10. The molecule has 0 bridgehead atoms. The second-order valence-electron chi connectivity index (χ2n) is 8.72. The molecule has 0 spiro atoms. The minimum Gasteiger partial charge on any atom is -0.454 e. The lowest BCUT2D eigenvalue weighted by Crippen LogP contribution is -2.45. The number of anilines is 3. The summed E-state index contributed by atoms with van der Waals surface area (Å²) in [5, 5.41) is 6.21. The summed E-state index contributed by atoms with van der Waals surface area (Å²) in [5.41, 5.74) is 4.18. The summed E-state index contributed by atoms with van der Waals surface area (Å²) in [6, 6.07) is 24.0. The maximum Gasteiger partial charge on any atom is 0.246 e. The molecule has 5 rings (SSSR count). The lowest BCUT2D eigenvalue weighted by molar-refractivity contribution is -0.116. The topological polar surface area (TPSA) is 66.1 Å². The van der Waals surface area contributed by atoms with Crippen LogP contribution in [0.3, 0.4) is 0 Å². The van der Waals surface area contributed by atoms with Crippen LogP contribution in [0.25, 0.3) is 0 Å². The van der Waals surface area contributed by atoms with Gasteiger partial charge < -0.3 is 25.0 Å². The van der Waals surface area contributed by atoms with Gasteiger partial charge in [0.25, 0.3) is 0 Å². The van der Waals surface area contributed by atoms with Crippen LogP contribution < -0.4 is 25.0 Å². The van der Waals surface area contributed by atoms with Crippen LogP contribution >= 0.6 is 0 Å². The Morgan fingerprint density at radius 1 is 0.882 bits per heavy atom. The molecule has 0 aromatic heterocycles. The first kappa shape index (κ1) is 22.1. The van der Waals surface area contributed by atoms with E-state index < -0.39 is 6.04 Å². The third-order valence-electron chi connectivity index (χ3n) is 6.27. The molecule has 2 heterocycles. The molecule has 2 aliphatic rings. The fourth-order valence-corrected chi connectivity index (χ4v) is 4.31. The Kier molecular flexibility index (Phi) is 6.53. The Hall–Kier alpha value is -3.71. The minimum atomic E-state index is -0.391. The van der Waals surface area contributed by atoms with E-state index in [1.54, 1.807) is 12.1 Å². The van der Waals surface area contributed by atoms with Crippen molar-refractivity contribution in [2.24, 2.45) is 0 Å². The predicted molar refractivity (Wildman–Crippen MR) is 135 cm³/mol. The monoisotopic (exact) mass is 458 g/mol. The van der Waals surface area contributed by atoms with Gasteiger partial charge in [-0.15, -0.1) is 0 Å². The van der Waals surface area contributed by atoms with E-state index in [0.29, 0.717) is 17.2 Å². The normalized spacial score (nSPS) is 16.2. The number of ether oxygens (including phenoxy) is 2. The summed E-state index contributed by atoms with van der Waals surface area (Å²) in [7, 11) is 0. The smallest absolute Gasteiger partial charge is 0.246 e. The van der Waals surface area contributed by atoms with Crippen LogP contribution in [0.15, 0.2) is 72.8 Å². The first-order valence-electron chi connectivity index (χ1n) is 11.7. The minimum absolute atomic E-state index is 0.113. The van der Waals surface area contributed by atoms with Crippen molar-refractivity contribution in [2.75, 3.05) is 48.5 Å². The van der Waals surface area contributed by atoms with Crippen LogP contribution in [-0.4, -0.2) is 49.8 Å². The van der Waals surface area contributed by atoms with Crippen LogP contribution in [0.2, 0.25) is 0 Å². The number of nitrogens with one attached hydrogen (secondary N) is 2. The molecule has 7 nitrogen and oxygen atoms in total. The van der Waals surface area contributed by atoms with Gasteiger partial charge in [-0.1, -0.05) is 30.3 Å². The van der Waals surface area contributed by atoms with Gasteiger partial charge in [0.2, 0.25) is 12.7 Å². The SMILES string of the molecule is C[C@H](Nc1ccc(N2CCN(Cc3ccccc3)CC2)cc1)C(=O)Nc1ccc2c(c1)OCO2. The molecule has 2 N–H and O–H groups in total.